The Labute approximate surface area is 149 Å². The number of piperidine rings is 2. The average Bonchev–Trinajstić information content (AvgIpc) is 2.59. The molecule has 24 heavy (non-hydrogen) atoms. The van der Waals surface area contributed by atoms with Crippen molar-refractivity contribution in [3.05, 3.63) is 25.3 Å². The van der Waals surface area contributed by atoms with Crippen molar-refractivity contribution in [3.63, 3.8) is 0 Å². The minimum absolute atomic E-state index is 0.172. The molecule has 2 aliphatic rings. The van der Waals surface area contributed by atoms with E-state index in [1.807, 2.05) is 0 Å². The molecule has 0 aromatic rings. The van der Waals surface area contributed by atoms with E-state index in [0.717, 1.165) is 34.9 Å². The quantitative estimate of drug-likeness (QED) is 0.531. The lowest BCUT2D eigenvalue weighted by atomic mass is 9.97. The van der Waals surface area contributed by atoms with Crippen LogP contribution in [0.3, 0.4) is 0 Å². The number of hydrogen-bond acceptors (Lipinski definition) is 1. The third kappa shape index (κ3) is 4.71. The van der Waals surface area contributed by atoms with Gasteiger partial charge in [0, 0.05) is 25.7 Å². The van der Waals surface area contributed by atoms with E-state index in [4.69, 9.17) is 0 Å². The van der Waals surface area contributed by atoms with Crippen LogP contribution in [0.2, 0.25) is 0 Å². The standard InChI is InChI=1S/C21H40N2O/c1-5-19-11-7-9-15-22(19,3)17-13-21(24)14-18-23(4)16-10-8-12-20(23)6-2/h5-6,19-21,24H,1-2,7-18H2,3-4H3/q+2. The van der Waals surface area contributed by atoms with Gasteiger partial charge in [0.05, 0.1) is 46.4 Å². The third-order valence-electron chi connectivity index (χ3n) is 6.93. The van der Waals surface area contributed by atoms with Gasteiger partial charge in [-0.05, 0) is 37.8 Å². The van der Waals surface area contributed by atoms with Gasteiger partial charge in [0.25, 0.3) is 0 Å². The second-order valence-corrected chi connectivity index (χ2v) is 8.68. The van der Waals surface area contributed by atoms with Gasteiger partial charge in [0.1, 0.15) is 12.1 Å². The van der Waals surface area contributed by atoms with Crippen LogP contribution < -0.4 is 0 Å². The molecule has 0 saturated carbocycles. The highest BCUT2D eigenvalue weighted by Gasteiger charge is 2.35. The Bertz CT molecular complexity index is 386. The molecule has 0 amide bonds. The highest BCUT2D eigenvalue weighted by Crippen LogP contribution is 2.27. The van der Waals surface area contributed by atoms with Gasteiger partial charge < -0.3 is 14.1 Å². The molecule has 3 nitrogen and oxygen atoms in total. The van der Waals surface area contributed by atoms with Crippen molar-refractivity contribution < 1.29 is 14.1 Å². The maximum absolute atomic E-state index is 10.6. The largest absolute Gasteiger partial charge is 0.393 e. The molecule has 4 unspecified atom stereocenters. The molecule has 0 aromatic carbocycles. The van der Waals surface area contributed by atoms with Crippen LogP contribution in [0, 0.1) is 0 Å². The smallest absolute Gasteiger partial charge is 0.107 e. The molecular formula is C21H40N2O+2. The monoisotopic (exact) mass is 336 g/mol. The molecule has 138 valence electrons. The highest BCUT2D eigenvalue weighted by molar-refractivity contribution is 4.84. The second-order valence-electron chi connectivity index (χ2n) is 8.68. The molecule has 0 spiro atoms. The van der Waals surface area contributed by atoms with E-state index in [-0.39, 0.29) is 6.10 Å². The lowest BCUT2D eigenvalue weighted by Crippen LogP contribution is -2.56. The lowest BCUT2D eigenvalue weighted by Gasteiger charge is -2.45. The van der Waals surface area contributed by atoms with Crippen molar-refractivity contribution >= 4 is 0 Å². The molecule has 2 heterocycles. The third-order valence-corrected chi connectivity index (χ3v) is 6.93. The van der Waals surface area contributed by atoms with Crippen LogP contribution in [0.5, 0.6) is 0 Å². The van der Waals surface area contributed by atoms with Gasteiger partial charge in [-0.2, -0.15) is 0 Å². The van der Waals surface area contributed by atoms with Gasteiger partial charge in [-0.1, -0.05) is 13.2 Å². The van der Waals surface area contributed by atoms with E-state index in [1.165, 1.54) is 51.6 Å². The highest BCUT2D eigenvalue weighted by atomic mass is 16.3. The first-order valence-corrected chi connectivity index (χ1v) is 10.1. The normalized spacial score (nSPS) is 38.5. The van der Waals surface area contributed by atoms with Gasteiger partial charge in [0.15, 0.2) is 0 Å². The number of hydrogen-bond donors (Lipinski definition) is 1. The SMILES string of the molecule is C=CC1CCCC[N+]1(C)CCC(O)CC[N+]1(C)CCCCC1C=C. The van der Waals surface area contributed by atoms with Gasteiger partial charge in [-0.15, -0.1) is 0 Å². The Morgan fingerprint density at radius 1 is 0.875 bits per heavy atom. The van der Waals surface area contributed by atoms with E-state index in [2.05, 4.69) is 39.4 Å². The number of nitrogens with zero attached hydrogens (tertiary/aromatic N) is 2. The number of aliphatic hydroxyl groups is 1. The Hall–Kier alpha value is -0.640. The van der Waals surface area contributed by atoms with Gasteiger partial charge in [-0.3, -0.25) is 0 Å². The molecule has 0 aliphatic carbocycles. The summed E-state index contributed by atoms with van der Waals surface area (Å²) < 4.78 is 2.14. The summed E-state index contributed by atoms with van der Waals surface area (Å²) in [5.41, 5.74) is 0. The fourth-order valence-electron chi connectivity index (χ4n) is 4.94. The maximum atomic E-state index is 10.6. The predicted molar refractivity (Wildman–Crippen MR) is 103 cm³/mol. The summed E-state index contributed by atoms with van der Waals surface area (Å²) in [6, 6.07) is 1.14. The lowest BCUT2D eigenvalue weighted by molar-refractivity contribution is -0.934. The summed E-state index contributed by atoms with van der Waals surface area (Å²) in [5, 5.41) is 10.6. The molecule has 4 atom stereocenters. The molecule has 2 saturated heterocycles. The Kier molecular flexibility index (Phi) is 7.09. The fourth-order valence-corrected chi connectivity index (χ4v) is 4.94. The second kappa shape index (κ2) is 8.64. The molecule has 3 heteroatoms. The van der Waals surface area contributed by atoms with E-state index in [0.29, 0.717) is 12.1 Å². The van der Waals surface area contributed by atoms with Crippen LogP contribution in [-0.4, -0.2) is 72.5 Å². The van der Waals surface area contributed by atoms with Crippen LogP contribution in [0.4, 0.5) is 0 Å². The Morgan fingerprint density at radius 2 is 1.29 bits per heavy atom. The molecule has 2 rings (SSSR count). The van der Waals surface area contributed by atoms with E-state index in [9.17, 15) is 5.11 Å². The first kappa shape index (κ1) is 19.7. The van der Waals surface area contributed by atoms with Crippen molar-refractivity contribution in [2.45, 2.75) is 69.6 Å². The van der Waals surface area contributed by atoms with Crippen LogP contribution in [0.1, 0.15) is 51.4 Å². The molecule has 0 bridgehead atoms. The topological polar surface area (TPSA) is 20.2 Å². The maximum Gasteiger partial charge on any atom is 0.107 e. The molecule has 2 fully saturated rings. The summed E-state index contributed by atoms with van der Waals surface area (Å²) in [5.74, 6) is 0. The minimum Gasteiger partial charge on any atom is -0.393 e. The minimum atomic E-state index is -0.172. The van der Waals surface area contributed by atoms with Crippen molar-refractivity contribution in [3.8, 4) is 0 Å². The number of likely N-dealkylation sites (N-methyl/N-ethyl adjacent to an activating group) is 2. The molecule has 1 N–H and O–H groups in total. The average molecular weight is 337 g/mol. The van der Waals surface area contributed by atoms with Gasteiger partial charge in [0.2, 0.25) is 0 Å². The number of aliphatic hydroxyl groups excluding tert-OH is 1. The first-order chi connectivity index (χ1) is 11.4. The summed E-state index contributed by atoms with van der Waals surface area (Å²) in [6.45, 7) is 12.7. The zero-order chi connectivity index (χ0) is 17.6. The molecule has 2 aliphatic heterocycles. The number of rotatable bonds is 8. The van der Waals surface area contributed by atoms with Crippen molar-refractivity contribution in [2.24, 2.45) is 0 Å². The van der Waals surface area contributed by atoms with E-state index >= 15 is 0 Å². The van der Waals surface area contributed by atoms with E-state index in [1.54, 1.807) is 0 Å². The number of quaternary nitrogens is 2. The van der Waals surface area contributed by atoms with Crippen LogP contribution in [0.15, 0.2) is 25.3 Å². The van der Waals surface area contributed by atoms with Crippen LogP contribution in [-0.2, 0) is 0 Å². The van der Waals surface area contributed by atoms with Crippen molar-refractivity contribution in [2.75, 3.05) is 40.3 Å². The zero-order valence-electron chi connectivity index (χ0n) is 16.1. The summed E-state index contributed by atoms with van der Waals surface area (Å²) in [6.07, 6.45) is 13.7. The molecule has 0 radical (unpaired) electrons. The Morgan fingerprint density at radius 3 is 1.67 bits per heavy atom. The zero-order valence-corrected chi connectivity index (χ0v) is 16.1. The van der Waals surface area contributed by atoms with Gasteiger partial charge in [-0.25, -0.2) is 0 Å². The fraction of sp³-hybridized carbons (Fsp3) is 0.810. The molecular weight excluding hydrogens is 296 g/mol. The summed E-state index contributed by atoms with van der Waals surface area (Å²) in [7, 11) is 4.70. The van der Waals surface area contributed by atoms with Crippen molar-refractivity contribution in [1.82, 2.24) is 0 Å². The van der Waals surface area contributed by atoms with Crippen LogP contribution in [0.25, 0.3) is 0 Å². The van der Waals surface area contributed by atoms with Crippen LogP contribution >= 0.6 is 0 Å². The first-order valence-electron chi connectivity index (χ1n) is 10.1. The summed E-state index contributed by atoms with van der Waals surface area (Å²) in [4.78, 5) is 0. The summed E-state index contributed by atoms with van der Waals surface area (Å²) >= 11 is 0. The Balaban J connectivity index is 1.81. The predicted octanol–water partition coefficient (Wildman–Crippen LogP) is 3.50. The van der Waals surface area contributed by atoms with E-state index < -0.39 is 0 Å². The number of likely N-dealkylation sites (tertiary alicyclic amines) is 2. The molecule has 0 aromatic heterocycles. The van der Waals surface area contributed by atoms with Gasteiger partial charge >= 0.3 is 0 Å². The van der Waals surface area contributed by atoms with Crippen molar-refractivity contribution in [1.29, 1.82) is 0 Å².